The van der Waals surface area contributed by atoms with Crippen molar-refractivity contribution in [3.63, 3.8) is 0 Å². The molecule has 0 aromatic heterocycles. The molecule has 0 saturated carbocycles. The predicted molar refractivity (Wildman–Crippen MR) is 133 cm³/mol. The third-order valence-corrected chi connectivity index (χ3v) is 6.49. The van der Waals surface area contributed by atoms with E-state index in [9.17, 15) is 13.2 Å². The number of ether oxygens (including phenoxy) is 2. The van der Waals surface area contributed by atoms with Gasteiger partial charge >= 0.3 is 0 Å². The topological polar surface area (TPSA) is 30.5 Å². The first kappa shape index (κ1) is 28.3. The summed E-state index contributed by atoms with van der Waals surface area (Å²) in [5, 5.41) is 3.55. The highest BCUT2D eigenvalue weighted by molar-refractivity contribution is 5.85. The van der Waals surface area contributed by atoms with Crippen molar-refractivity contribution in [2.75, 3.05) is 7.11 Å². The van der Waals surface area contributed by atoms with Gasteiger partial charge in [0, 0.05) is 30.6 Å². The Bertz CT molecular complexity index is 871. The summed E-state index contributed by atoms with van der Waals surface area (Å²) in [4.78, 5) is 0. The Balaban J connectivity index is 0.00000408. The van der Waals surface area contributed by atoms with Crippen molar-refractivity contribution in [2.45, 2.75) is 90.6 Å². The van der Waals surface area contributed by atoms with Crippen molar-refractivity contribution in [1.82, 2.24) is 5.32 Å². The monoisotopic (exact) mass is 499 g/mol. The molecular formula is C27H37ClF3NO2. The molecule has 2 aromatic rings. The van der Waals surface area contributed by atoms with Gasteiger partial charge in [0.15, 0.2) is 0 Å². The highest BCUT2D eigenvalue weighted by Crippen LogP contribution is 2.38. The Hall–Kier alpha value is -1.92. The van der Waals surface area contributed by atoms with Crippen molar-refractivity contribution in [1.29, 1.82) is 0 Å². The number of halogens is 4. The maximum atomic E-state index is 13.4. The van der Waals surface area contributed by atoms with E-state index in [1.54, 1.807) is 19.2 Å². The highest BCUT2D eigenvalue weighted by Gasteiger charge is 2.28. The van der Waals surface area contributed by atoms with E-state index in [-0.39, 0.29) is 41.2 Å². The van der Waals surface area contributed by atoms with Crippen LogP contribution in [0.5, 0.6) is 11.5 Å². The van der Waals surface area contributed by atoms with Crippen LogP contribution in [0.3, 0.4) is 0 Å². The number of alkyl halides is 3. The van der Waals surface area contributed by atoms with Gasteiger partial charge < -0.3 is 14.8 Å². The second kappa shape index (κ2) is 14.5. The number of methoxy groups -OCH3 is 1. The summed E-state index contributed by atoms with van der Waals surface area (Å²) in [6.45, 7) is 0.177. The molecule has 0 spiro atoms. The van der Waals surface area contributed by atoms with Gasteiger partial charge in [0.25, 0.3) is 0 Å². The molecule has 190 valence electrons. The zero-order valence-electron chi connectivity index (χ0n) is 20.2. The minimum absolute atomic E-state index is 0. The molecule has 0 saturated heterocycles. The van der Waals surface area contributed by atoms with Crippen LogP contribution >= 0.6 is 12.4 Å². The van der Waals surface area contributed by atoms with Gasteiger partial charge in [0.1, 0.15) is 37.6 Å². The first-order valence-electron chi connectivity index (χ1n) is 12.0. The van der Waals surface area contributed by atoms with E-state index in [4.69, 9.17) is 9.47 Å². The van der Waals surface area contributed by atoms with Crippen LogP contribution in [-0.4, -0.2) is 13.2 Å². The second-order valence-corrected chi connectivity index (χ2v) is 8.81. The normalized spacial score (nSPS) is 17.0. The van der Waals surface area contributed by atoms with Gasteiger partial charge in [0.2, 0.25) is 0 Å². The summed E-state index contributed by atoms with van der Waals surface area (Å²) in [6.07, 6.45) is 7.97. The van der Waals surface area contributed by atoms with Gasteiger partial charge in [-0.2, -0.15) is 0 Å². The van der Waals surface area contributed by atoms with Gasteiger partial charge in [-0.15, -0.1) is 12.4 Å². The van der Waals surface area contributed by atoms with Crippen LogP contribution in [-0.2, 0) is 26.6 Å². The highest BCUT2D eigenvalue weighted by atomic mass is 35.5. The van der Waals surface area contributed by atoms with Gasteiger partial charge in [-0.3, -0.25) is 0 Å². The van der Waals surface area contributed by atoms with E-state index < -0.39 is 20.0 Å². The van der Waals surface area contributed by atoms with Crippen LogP contribution in [0.4, 0.5) is 13.2 Å². The first-order valence-corrected chi connectivity index (χ1v) is 12.0. The Labute approximate surface area is 207 Å². The first-order chi connectivity index (χ1) is 16.1. The number of hydrogen-bond donors (Lipinski definition) is 1. The minimum Gasteiger partial charge on any atom is -0.497 e. The Morgan fingerprint density at radius 2 is 1.68 bits per heavy atom. The third-order valence-electron chi connectivity index (χ3n) is 6.49. The summed E-state index contributed by atoms with van der Waals surface area (Å²) in [5.41, 5.74) is 2.40. The van der Waals surface area contributed by atoms with Gasteiger partial charge in [-0.05, 0) is 41.2 Å². The third kappa shape index (κ3) is 7.29. The molecule has 7 heteroatoms. The van der Waals surface area contributed by atoms with Crippen LogP contribution < -0.4 is 14.8 Å². The van der Waals surface area contributed by atoms with E-state index in [1.165, 1.54) is 25.7 Å². The molecule has 0 radical (unpaired) electrons. The SMILES string of the molecule is CCCCCCCC1CC(NCc2cc(CF)c(CF)c(CF)c2)c2ccc(OC)cc2O1.Cl. The molecule has 1 aliphatic rings. The molecule has 34 heavy (non-hydrogen) atoms. The Kier molecular flexibility index (Phi) is 12.1. The summed E-state index contributed by atoms with van der Waals surface area (Å²) in [7, 11) is 1.64. The number of benzene rings is 2. The van der Waals surface area contributed by atoms with Crippen LogP contribution in [0.15, 0.2) is 30.3 Å². The quantitative estimate of drug-likeness (QED) is 0.284. The molecule has 0 aliphatic carbocycles. The standard InChI is InChI=1S/C27H36F3NO2.ClH/c1-3-4-5-6-7-8-23-13-26(24-10-9-22(32-2)14-27(24)33-23)31-18-19-11-20(15-28)25(17-30)21(12-19)16-29;/h9-12,14,23,26,31H,3-8,13,15-18H2,1-2H3;1H. The summed E-state index contributed by atoms with van der Waals surface area (Å²) < 4.78 is 51.9. The molecule has 3 rings (SSSR count). The van der Waals surface area contributed by atoms with Gasteiger partial charge in [-0.25, -0.2) is 13.2 Å². The fourth-order valence-corrected chi connectivity index (χ4v) is 4.62. The molecule has 3 nitrogen and oxygen atoms in total. The Morgan fingerprint density at radius 3 is 2.29 bits per heavy atom. The van der Waals surface area contributed by atoms with Gasteiger partial charge in [0.05, 0.1) is 7.11 Å². The minimum atomic E-state index is -0.860. The molecule has 1 N–H and O–H groups in total. The zero-order chi connectivity index (χ0) is 23.6. The Morgan fingerprint density at radius 1 is 0.971 bits per heavy atom. The predicted octanol–water partition coefficient (Wildman–Crippen LogP) is 7.87. The van der Waals surface area contributed by atoms with Crippen LogP contribution in [0.2, 0.25) is 0 Å². The fourth-order valence-electron chi connectivity index (χ4n) is 4.62. The number of unbranched alkanes of at least 4 members (excludes halogenated alkanes) is 4. The van der Waals surface area contributed by atoms with Crippen LogP contribution in [0, 0.1) is 0 Å². The molecular weight excluding hydrogens is 463 g/mol. The second-order valence-electron chi connectivity index (χ2n) is 8.81. The van der Waals surface area contributed by atoms with E-state index in [1.807, 2.05) is 18.2 Å². The van der Waals surface area contributed by atoms with E-state index in [0.717, 1.165) is 41.9 Å². The lowest BCUT2D eigenvalue weighted by Gasteiger charge is -2.33. The summed E-state index contributed by atoms with van der Waals surface area (Å²) in [6, 6.07) is 9.17. The maximum absolute atomic E-state index is 13.4. The van der Waals surface area contributed by atoms with Gasteiger partial charge in [-0.1, -0.05) is 50.8 Å². The number of nitrogens with one attached hydrogen (secondary N) is 1. The molecule has 2 unspecified atom stereocenters. The maximum Gasteiger partial charge on any atom is 0.128 e. The lowest BCUT2D eigenvalue weighted by atomic mass is 9.93. The number of fused-ring (bicyclic) bond motifs is 1. The van der Waals surface area contributed by atoms with Crippen molar-refractivity contribution < 1.29 is 22.6 Å². The lowest BCUT2D eigenvalue weighted by molar-refractivity contribution is 0.137. The molecule has 0 bridgehead atoms. The number of rotatable bonds is 13. The molecule has 1 heterocycles. The van der Waals surface area contributed by atoms with E-state index in [2.05, 4.69) is 12.2 Å². The van der Waals surface area contributed by atoms with Crippen LogP contribution in [0.25, 0.3) is 0 Å². The summed E-state index contributed by atoms with van der Waals surface area (Å²) >= 11 is 0. The number of hydrogen-bond acceptors (Lipinski definition) is 3. The molecule has 0 fully saturated rings. The molecule has 2 aromatic carbocycles. The average molecular weight is 500 g/mol. The van der Waals surface area contributed by atoms with Crippen molar-refractivity contribution in [2.24, 2.45) is 0 Å². The smallest absolute Gasteiger partial charge is 0.128 e. The summed E-state index contributed by atoms with van der Waals surface area (Å²) in [5.74, 6) is 1.57. The fraction of sp³-hybridized carbons (Fsp3) is 0.556. The van der Waals surface area contributed by atoms with Crippen LogP contribution in [0.1, 0.15) is 85.7 Å². The van der Waals surface area contributed by atoms with E-state index in [0.29, 0.717) is 6.54 Å². The zero-order valence-corrected chi connectivity index (χ0v) is 21.0. The van der Waals surface area contributed by atoms with E-state index >= 15 is 0 Å². The molecule has 0 amide bonds. The largest absolute Gasteiger partial charge is 0.497 e. The average Bonchev–Trinajstić information content (AvgIpc) is 2.85. The lowest BCUT2D eigenvalue weighted by Crippen LogP contribution is -2.33. The molecule has 2 atom stereocenters. The molecule has 1 aliphatic heterocycles. The van der Waals surface area contributed by atoms with Crippen molar-refractivity contribution >= 4 is 12.4 Å². The van der Waals surface area contributed by atoms with Crippen molar-refractivity contribution in [3.05, 3.63) is 58.1 Å². The van der Waals surface area contributed by atoms with Crippen molar-refractivity contribution in [3.8, 4) is 11.5 Å².